The van der Waals surface area contributed by atoms with Crippen LogP contribution in [0.25, 0.3) is 0 Å². The van der Waals surface area contributed by atoms with E-state index in [2.05, 4.69) is 4.90 Å². The van der Waals surface area contributed by atoms with Crippen LogP contribution >= 0.6 is 11.6 Å². The van der Waals surface area contributed by atoms with Crippen molar-refractivity contribution in [2.75, 3.05) is 23.7 Å². The molecule has 0 unspecified atom stereocenters. The molecule has 0 aliphatic carbocycles. The van der Waals surface area contributed by atoms with Gasteiger partial charge in [0.2, 0.25) is 0 Å². The molecular formula is C17H26ClN3O2. The molecule has 0 aromatic heterocycles. The highest BCUT2D eigenvalue weighted by Crippen LogP contribution is 2.31. The van der Waals surface area contributed by atoms with Gasteiger partial charge in [0, 0.05) is 18.8 Å². The Bertz CT molecular complexity index is 574. The second-order valence-corrected chi connectivity index (χ2v) is 7.61. The van der Waals surface area contributed by atoms with Crippen LogP contribution in [0.4, 0.5) is 16.2 Å². The van der Waals surface area contributed by atoms with E-state index < -0.39 is 5.60 Å². The third-order valence-corrected chi connectivity index (χ3v) is 4.14. The summed E-state index contributed by atoms with van der Waals surface area (Å²) in [6.45, 7) is 11.1. The average Bonchev–Trinajstić information content (AvgIpc) is 2.35. The van der Waals surface area contributed by atoms with Gasteiger partial charge in [0.15, 0.2) is 0 Å². The highest BCUT2D eigenvalue weighted by atomic mass is 35.5. The van der Waals surface area contributed by atoms with Crippen molar-refractivity contribution in [3.8, 4) is 0 Å². The number of nitrogen functional groups attached to an aromatic ring is 1. The third-order valence-electron chi connectivity index (χ3n) is 3.84. The summed E-state index contributed by atoms with van der Waals surface area (Å²) in [5.41, 5.74) is 6.86. The zero-order valence-electron chi connectivity index (χ0n) is 14.5. The number of piperazine rings is 1. The normalized spacial score (nSPS) is 22.2. The topological polar surface area (TPSA) is 58.8 Å². The molecule has 128 valence electrons. The molecule has 2 N–H and O–H groups in total. The minimum Gasteiger partial charge on any atom is -0.444 e. The molecule has 23 heavy (non-hydrogen) atoms. The maximum Gasteiger partial charge on any atom is 0.410 e. The van der Waals surface area contributed by atoms with E-state index in [9.17, 15) is 4.79 Å². The first-order chi connectivity index (χ1) is 10.6. The summed E-state index contributed by atoms with van der Waals surface area (Å²) in [5.74, 6) is 0. The Balaban J connectivity index is 2.14. The SMILES string of the molecule is C[C@@H]1CN(c2ccc(N)cc2Cl)C[C@H](C)N1C(=O)OC(C)(C)C. The van der Waals surface area contributed by atoms with Crippen molar-refractivity contribution in [1.29, 1.82) is 0 Å². The maximum absolute atomic E-state index is 12.4. The van der Waals surface area contributed by atoms with Gasteiger partial charge in [-0.05, 0) is 52.8 Å². The minimum absolute atomic E-state index is 0.0298. The van der Waals surface area contributed by atoms with Crippen molar-refractivity contribution in [2.45, 2.75) is 52.3 Å². The summed E-state index contributed by atoms with van der Waals surface area (Å²) in [4.78, 5) is 16.4. The predicted molar refractivity (Wildman–Crippen MR) is 95.1 cm³/mol. The van der Waals surface area contributed by atoms with Crippen LogP contribution in [-0.2, 0) is 4.74 Å². The fourth-order valence-electron chi connectivity index (χ4n) is 2.97. The third kappa shape index (κ3) is 4.22. The lowest BCUT2D eigenvalue weighted by molar-refractivity contribution is 0.00567. The molecule has 0 bridgehead atoms. The van der Waals surface area contributed by atoms with Gasteiger partial charge in [0.25, 0.3) is 0 Å². The van der Waals surface area contributed by atoms with Crippen LogP contribution in [0.1, 0.15) is 34.6 Å². The standard InChI is InChI=1S/C17H26ClN3O2/c1-11-9-20(15-7-6-13(19)8-14(15)18)10-12(2)21(11)16(22)23-17(3,4)5/h6-8,11-12H,9-10,19H2,1-5H3/t11-,12+. The number of amides is 1. The monoisotopic (exact) mass is 339 g/mol. The van der Waals surface area contributed by atoms with Crippen LogP contribution in [0.2, 0.25) is 5.02 Å². The first-order valence-electron chi connectivity index (χ1n) is 7.90. The number of halogens is 1. The lowest BCUT2D eigenvalue weighted by Gasteiger charge is -2.45. The molecular weight excluding hydrogens is 314 g/mol. The Hall–Kier alpha value is -1.62. The van der Waals surface area contributed by atoms with Crippen LogP contribution in [0.3, 0.4) is 0 Å². The molecule has 0 saturated carbocycles. The molecule has 1 saturated heterocycles. The van der Waals surface area contributed by atoms with E-state index in [4.69, 9.17) is 22.1 Å². The highest BCUT2D eigenvalue weighted by molar-refractivity contribution is 6.33. The van der Waals surface area contributed by atoms with Crippen LogP contribution in [0.5, 0.6) is 0 Å². The van der Waals surface area contributed by atoms with Gasteiger partial charge in [-0.2, -0.15) is 0 Å². The zero-order valence-corrected chi connectivity index (χ0v) is 15.2. The molecule has 2 rings (SSSR count). The molecule has 1 aliphatic heterocycles. The summed E-state index contributed by atoms with van der Waals surface area (Å²) in [7, 11) is 0. The largest absolute Gasteiger partial charge is 0.444 e. The minimum atomic E-state index is -0.492. The quantitative estimate of drug-likeness (QED) is 0.791. The predicted octanol–water partition coefficient (Wildman–Crippen LogP) is 3.76. The number of rotatable bonds is 1. The number of ether oxygens (including phenoxy) is 1. The van der Waals surface area contributed by atoms with Gasteiger partial charge in [0.05, 0.1) is 22.8 Å². The van der Waals surface area contributed by atoms with Crippen LogP contribution < -0.4 is 10.6 Å². The number of nitrogens with two attached hydrogens (primary N) is 1. The number of carbonyl (C=O) groups excluding carboxylic acids is 1. The number of hydrogen-bond donors (Lipinski definition) is 1. The first kappa shape index (κ1) is 17.7. The number of hydrogen-bond acceptors (Lipinski definition) is 4. The van der Waals surface area contributed by atoms with Crippen molar-refractivity contribution in [3.05, 3.63) is 23.2 Å². The van der Waals surface area contributed by atoms with Crippen LogP contribution in [-0.4, -0.2) is 41.8 Å². The van der Waals surface area contributed by atoms with Crippen molar-refractivity contribution in [3.63, 3.8) is 0 Å². The number of anilines is 2. The Morgan fingerprint density at radius 3 is 2.30 bits per heavy atom. The summed E-state index contributed by atoms with van der Waals surface area (Å²) < 4.78 is 5.52. The number of benzene rings is 1. The molecule has 1 heterocycles. The number of carbonyl (C=O) groups is 1. The molecule has 0 radical (unpaired) electrons. The van der Waals surface area contributed by atoms with Crippen molar-refractivity contribution in [1.82, 2.24) is 4.90 Å². The van der Waals surface area contributed by atoms with Gasteiger partial charge in [-0.15, -0.1) is 0 Å². The van der Waals surface area contributed by atoms with Gasteiger partial charge in [-0.25, -0.2) is 4.79 Å². The molecule has 2 atom stereocenters. The maximum atomic E-state index is 12.4. The second-order valence-electron chi connectivity index (χ2n) is 7.20. The molecule has 1 aromatic rings. The Morgan fingerprint density at radius 2 is 1.83 bits per heavy atom. The fourth-order valence-corrected chi connectivity index (χ4v) is 3.28. The highest BCUT2D eigenvalue weighted by Gasteiger charge is 2.36. The summed E-state index contributed by atoms with van der Waals surface area (Å²) in [6, 6.07) is 5.59. The molecule has 1 aromatic carbocycles. The van der Waals surface area contributed by atoms with E-state index in [0.717, 1.165) is 5.69 Å². The summed E-state index contributed by atoms with van der Waals surface area (Å²) >= 11 is 6.32. The Morgan fingerprint density at radius 1 is 1.26 bits per heavy atom. The molecule has 5 nitrogen and oxygen atoms in total. The van der Waals surface area contributed by atoms with Gasteiger partial charge in [-0.3, -0.25) is 4.90 Å². The van der Waals surface area contributed by atoms with E-state index in [1.54, 1.807) is 6.07 Å². The average molecular weight is 340 g/mol. The van der Waals surface area contributed by atoms with Crippen molar-refractivity contribution < 1.29 is 9.53 Å². The van der Waals surface area contributed by atoms with E-state index in [1.807, 2.05) is 51.7 Å². The van der Waals surface area contributed by atoms with Gasteiger partial charge in [-0.1, -0.05) is 11.6 Å². The smallest absolute Gasteiger partial charge is 0.410 e. The van der Waals surface area contributed by atoms with Crippen LogP contribution in [0, 0.1) is 0 Å². The summed E-state index contributed by atoms with van der Waals surface area (Å²) in [5, 5.41) is 0.634. The molecule has 1 aliphatic rings. The van der Waals surface area contributed by atoms with E-state index in [1.165, 1.54) is 0 Å². The molecule has 1 amide bonds. The van der Waals surface area contributed by atoms with Crippen molar-refractivity contribution in [2.24, 2.45) is 0 Å². The fraction of sp³-hybridized carbons (Fsp3) is 0.588. The Kier molecular flexibility index (Phi) is 4.99. The van der Waals surface area contributed by atoms with E-state index in [-0.39, 0.29) is 18.2 Å². The summed E-state index contributed by atoms with van der Waals surface area (Å²) in [6.07, 6.45) is -0.263. The van der Waals surface area contributed by atoms with Gasteiger partial charge >= 0.3 is 6.09 Å². The zero-order chi connectivity index (χ0) is 17.4. The lowest BCUT2D eigenvalue weighted by Crippen LogP contribution is -2.59. The molecule has 0 spiro atoms. The first-order valence-corrected chi connectivity index (χ1v) is 8.27. The van der Waals surface area contributed by atoms with Gasteiger partial charge < -0.3 is 15.4 Å². The van der Waals surface area contributed by atoms with Gasteiger partial charge in [0.1, 0.15) is 5.60 Å². The van der Waals surface area contributed by atoms with Crippen LogP contribution in [0.15, 0.2) is 18.2 Å². The van der Waals surface area contributed by atoms with E-state index in [0.29, 0.717) is 23.8 Å². The lowest BCUT2D eigenvalue weighted by atomic mass is 10.1. The Labute approximate surface area is 143 Å². The molecule has 6 heteroatoms. The number of nitrogens with zero attached hydrogens (tertiary/aromatic N) is 2. The molecule has 1 fully saturated rings. The van der Waals surface area contributed by atoms with E-state index >= 15 is 0 Å². The van der Waals surface area contributed by atoms with Crippen molar-refractivity contribution >= 4 is 29.1 Å². The second kappa shape index (κ2) is 6.48.